The largest absolute Gasteiger partial charge is 0.465 e. The number of aromatic nitrogens is 7. The van der Waals surface area contributed by atoms with E-state index < -0.39 is 0 Å². The maximum atomic E-state index is 6.22. The highest BCUT2D eigenvalue weighted by atomic mass is 32.1. The van der Waals surface area contributed by atoms with Gasteiger partial charge in [-0.25, -0.2) is 4.98 Å². The average molecular weight is 381 g/mol. The summed E-state index contributed by atoms with van der Waals surface area (Å²) in [6, 6.07) is 6.09. The van der Waals surface area contributed by atoms with Crippen LogP contribution in [0.4, 0.5) is 0 Å². The van der Waals surface area contributed by atoms with Crippen molar-refractivity contribution in [3.63, 3.8) is 0 Å². The quantitative estimate of drug-likeness (QED) is 0.565. The van der Waals surface area contributed by atoms with Gasteiger partial charge in [0.2, 0.25) is 5.88 Å². The molecule has 1 aliphatic rings. The van der Waals surface area contributed by atoms with Crippen LogP contribution >= 0.6 is 11.3 Å². The monoisotopic (exact) mass is 381 g/mol. The van der Waals surface area contributed by atoms with E-state index in [2.05, 4.69) is 31.4 Å². The van der Waals surface area contributed by atoms with Crippen molar-refractivity contribution in [3.8, 4) is 16.6 Å². The smallest absolute Gasteiger partial charge is 0.236 e. The van der Waals surface area contributed by atoms with Crippen LogP contribution in [0.3, 0.4) is 0 Å². The minimum Gasteiger partial charge on any atom is -0.465 e. The third kappa shape index (κ3) is 2.97. The lowest BCUT2D eigenvalue weighted by molar-refractivity contribution is 0.201. The molecule has 27 heavy (non-hydrogen) atoms. The summed E-state index contributed by atoms with van der Waals surface area (Å²) in [5, 5.41) is 22.4. The molecule has 4 aromatic heterocycles. The van der Waals surface area contributed by atoms with Crippen LogP contribution in [0.5, 0.6) is 5.88 Å². The van der Waals surface area contributed by atoms with Crippen molar-refractivity contribution in [3.05, 3.63) is 41.3 Å². The number of thiophene rings is 1. The van der Waals surface area contributed by atoms with Gasteiger partial charge in [0.1, 0.15) is 6.33 Å². The second-order valence-electron chi connectivity index (χ2n) is 6.77. The van der Waals surface area contributed by atoms with Crippen molar-refractivity contribution in [2.45, 2.75) is 44.6 Å². The molecule has 1 atom stereocenters. The van der Waals surface area contributed by atoms with Gasteiger partial charge in [0.15, 0.2) is 23.4 Å². The maximum Gasteiger partial charge on any atom is 0.236 e. The molecule has 4 aromatic rings. The van der Waals surface area contributed by atoms with Crippen LogP contribution in [0.15, 0.2) is 29.9 Å². The summed E-state index contributed by atoms with van der Waals surface area (Å²) in [5.74, 6) is 2.40. The van der Waals surface area contributed by atoms with Crippen LogP contribution in [-0.4, -0.2) is 35.0 Å². The Labute approximate surface area is 159 Å². The Morgan fingerprint density at radius 1 is 1.30 bits per heavy atom. The number of H-pyrrole nitrogens is 1. The highest BCUT2D eigenvalue weighted by Crippen LogP contribution is 2.39. The number of fused-ring (bicyclic) bond motifs is 1. The Kier molecular flexibility index (Phi) is 4.08. The molecule has 1 aliphatic carbocycles. The van der Waals surface area contributed by atoms with E-state index in [4.69, 9.17) is 9.84 Å². The summed E-state index contributed by atoms with van der Waals surface area (Å²) in [6.45, 7) is 1.93. The van der Waals surface area contributed by atoms with Gasteiger partial charge in [-0.1, -0.05) is 18.9 Å². The lowest BCUT2D eigenvalue weighted by atomic mass is 9.99. The maximum absolute atomic E-state index is 6.22. The van der Waals surface area contributed by atoms with E-state index in [0.717, 1.165) is 34.8 Å². The topological polar surface area (TPSA) is 93.9 Å². The first-order valence-corrected chi connectivity index (χ1v) is 10.00. The predicted molar refractivity (Wildman–Crippen MR) is 101 cm³/mol. The van der Waals surface area contributed by atoms with Crippen LogP contribution in [0, 0.1) is 0 Å². The Bertz CT molecular complexity index is 1040. The fourth-order valence-electron chi connectivity index (χ4n) is 3.65. The fraction of sp³-hybridized carbons (Fsp3) is 0.389. The zero-order chi connectivity index (χ0) is 18.2. The minimum atomic E-state index is -0.303. The predicted octanol–water partition coefficient (Wildman–Crippen LogP) is 3.77. The summed E-state index contributed by atoms with van der Waals surface area (Å²) < 4.78 is 7.99. The summed E-state index contributed by atoms with van der Waals surface area (Å²) >= 11 is 1.61. The van der Waals surface area contributed by atoms with E-state index in [1.54, 1.807) is 22.2 Å². The summed E-state index contributed by atoms with van der Waals surface area (Å²) in [6.07, 6.45) is 6.02. The molecule has 1 unspecified atom stereocenters. The normalized spacial score (nSPS) is 16.2. The highest BCUT2D eigenvalue weighted by molar-refractivity contribution is 7.13. The van der Waals surface area contributed by atoms with Gasteiger partial charge in [0.05, 0.1) is 4.88 Å². The molecule has 1 saturated carbocycles. The number of hydrogen-bond acceptors (Lipinski definition) is 7. The van der Waals surface area contributed by atoms with E-state index >= 15 is 0 Å². The van der Waals surface area contributed by atoms with Crippen molar-refractivity contribution >= 4 is 17.0 Å². The number of nitrogens with one attached hydrogen (secondary N) is 1. The molecule has 9 heteroatoms. The Morgan fingerprint density at radius 3 is 2.93 bits per heavy atom. The third-order valence-electron chi connectivity index (χ3n) is 5.01. The first-order chi connectivity index (χ1) is 13.3. The molecular formula is C18H19N7OS. The summed E-state index contributed by atoms with van der Waals surface area (Å²) in [7, 11) is 0. The molecule has 1 fully saturated rings. The fourth-order valence-corrected chi connectivity index (χ4v) is 4.34. The second kappa shape index (κ2) is 6.73. The Morgan fingerprint density at radius 2 is 2.19 bits per heavy atom. The van der Waals surface area contributed by atoms with Crippen molar-refractivity contribution < 1.29 is 4.74 Å². The van der Waals surface area contributed by atoms with Crippen LogP contribution in [0.2, 0.25) is 0 Å². The average Bonchev–Trinajstić information content (AvgIpc) is 3.49. The third-order valence-corrected chi connectivity index (χ3v) is 5.88. The van der Waals surface area contributed by atoms with Crippen molar-refractivity contribution in [1.82, 2.24) is 35.0 Å². The molecule has 1 N–H and O–H groups in total. The lowest BCUT2D eigenvalue weighted by Gasteiger charge is -2.18. The Hall–Kier alpha value is -2.81. The van der Waals surface area contributed by atoms with Gasteiger partial charge in [-0.15, -0.1) is 26.6 Å². The molecule has 0 aliphatic heterocycles. The molecular weight excluding hydrogens is 362 g/mol. The van der Waals surface area contributed by atoms with Gasteiger partial charge >= 0.3 is 0 Å². The van der Waals surface area contributed by atoms with E-state index in [1.165, 1.54) is 12.8 Å². The van der Waals surface area contributed by atoms with Gasteiger partial charge in [0, 0.05) is 5.56 Å². The van der Waals surface area contributed by atoms with Crippen molar-refractivity contribution in [2.24, 2.45) is 0 Å². The summed E-state index contributed by atoms with van der Waals surface area (Å²) in [5.41, 5.74) is 1.85. The highest BCUT2D eigenvalue weighted by Gasteiger charge is 2.26. The van der Waals surface area contributed by atoms with Crippen LogP contribution in [0.25, 0.3) is 16.3 Å². The zero-order valence-corrected chi connectivity index (χ0v) is 15.7. The lowest BCUT2D eigenvalue weighted by Crippen LogP contribution is -2.11. The molecule has 4 heterocycles. The molecule has 0 amide bonds. The zero-order valence-electron chi connectivity index (χ0n) is 14.9. The second-order valence-corrected chi connectivity index (χ2v) is 7.72. The van der Waals surface area contributed by atoms with Crippen LogP contribution in [-0.2, 0) is 0 Å². The minimum absolute atomic E-state index is 0.303. The van der Waals surface area contributed by atoms with E-state index in [1.807, 2.05) is 24.4 Å². The number of hydrogen-bond donors (Lipinski definition) is 1. The van der Waals surface area contributed by atoms with Crippen molar-refractivity contribution in [1.29, 1.82) is 0 Å². The number of nitrogens with zero attached hydrogens (tertiary/aromatic N) is 6. The van der Waals surface area contributed by atoms with E-state index in [9.17, 15) is 0 Å². The van der Waals surface area contributed by atoms with E-state index in [-0.39, 0.29) is 6.10 Å². The van der Waals surface area contributed by atoms with Gasteiger partial charge in [-0.3, -0.25) is 5.10 Å². The van der Waals surface area contributed by atoms with Crippen LogP contribution in [0.1, 0.15) is 56.0 Å². The van der Waals surface area contributed by atoms with E-state index in [0.29, 0.717) is 17.6 Å². The van der Waals surface area contributed by atoms with Crippen molar-refractivity contribution in [2.75, 3.05) is 0 Å². The molecule has 0 bridgehead atoms. The summed E-state index contributed by atoms with van der Waals surface area (Å²) in [4.78, 5) is 5.23. The molecule has 0 spiro atoms. The number of ether oxygens (including phenoxy) is 1. The first-order valence-electron chi connectivity index (χ1n) is 9.12. The SMILES string of the molecule is CC(Oc1nn2c(-c3cccs3)nnc2cc1C1CCCC1)c1nc[nH]n1. The van der Waals surface area contributed by atoms with Crippen LogP contribution < -0.4 is 4.74 Å². The van der Waals surface area contributed by atoms with Gasteiger partial charge in [-0.2, -0.15) is 9.61 Å². The number of rotatable bonds is 5. The molecule has 5 rings (SSSR count). The van der Waals surface area contributed by atoms with Gasteiger partial charge < -0.3 is 4.74 Å². The number of aromatic amines is 1. The first kappa shape index (κ1) is 16.4. The molecule has 0 aromatic carbocycles. The van der Waals surface area contributed by atoms with Gasteiger partial charge in [0.25, 0.3) is 0 Å². The Balaban J connectivity index is 1.60. The molecule has 138 valence electrons. The van der Waals surface area contributed by atoms with Gasteiger partial charge in [-0.05, 0) is 43.2 Å². The molecule has 8 nitrogen and oxygen atoms in total. The molecule has 0 radical (unpaired) electrons. The molecule has 0 saturated heterocycles. The standard InChI is InChI=1S/C18H19N7OS/c1-11(16-19-10-20-22-16)26-18-13(12-5-2-3-6-12)9-15-21-23-17(25(15)24-18)14-7-4-8-27-14/h4,7-12H,2-3,5-6H2,1H3,(H,19,20,22).